The second-order valence-electron chi connectivity index (χ2n) is 4.85. The maximum atomic E-state index is 12.3. The van der Waals surface area contributed by atoms with E-state index in [4.69, 9.17) is 0 Å². The third-order valence-electron chi connectivity index (χ3n) is 3.45. The Balaban J connectivity index is 2.49. The van der Waals surface area contributed by atoms with Gasteiger partial charge in [0.05, 0.1) is 10.9 Å². The van der Waals surface area contributed by atoms with Crippen molar-refractivity contribution in [1.82, 2.24) is 5.32 Å². The van der Waals surface area contributed by atoms with Gasteiger partial charge in [-0.25, -0.2) is 8.42 Å². The van der Waals surface area contributed by atoms with Gasteiger partial charge in [-0.1, -0.05) is 18.2 Å². The SMILES string of the molecule is CNC1CCN(S(=O)(=O)C(C)C)c2ccccc21. The number of nitrogens with one attached hydrogen (secondary N) is 1. The summed E-state index contributed by atoms with van der Waals surface area (Å²) in [4.78, 5) is 0. The molecule has 1 unspecified atom stereocenters. The zero-order valence-corrected chi connectivity index (χ0v) is 11.9. The van der Waals surface area contributed by atoms with E-state index < -0.39 is 15.3 Å². The number of rotatable bonds is 3. The minimum absolute atomic E-state index is 0.236. The van der Waals surface area contributed by atoms with E-state index in [1.807, 2.05) is 31.3 Å². The molecule has 2 rings (SSSR count). The maximum Gasteiger partial charge on any atom is 0.237 e. The van der Waals surface area contributed by atoms with Crippen molar-refractivity contribution in [2.45, 2.75) is 31.6 Å². The Bertz CT molecular complexity index is 526. The summed E-state index contributed by atoms with van der Waals surface area (Å²) in [5, 5.41) is 2.85. The fourth-order valence-corrected chi connectivity index (χ4v) is 3.66. The number of sulfonamides is 1. The molecule has 0 amide bonds. The van der Waals surface area contributed by atoms with Crippen molar-refractivity contribution in [3.8, 4) is 0 Å². The molecule has 0 saturated carbocycles. The molecule has 5 heteroatoms. The molecule has 0 saturated heterocycles. The normalized spacial score (nSPS) is 20.0. The van der Waals surface area contributed by atoms with Gasteiger partial charge in [0, 0.05) is 12.6 Å². The average Bonchev–Trinajstić information content (AvgIpc) is 2.37. The highest BCUT2D eigenvalue weighted by Gasteiger charge is 2.32. The first-order chi connectivity index (χ1) is 8.48. The Morgan fingerprint density at radius 1 is 1.33 bits per heavy atom. The van der Waals surface area contributed by atoms with Gasteiger partial charge < -0.3 is 5.32 Å². The van der Waals surface area contributed by atoms with Crippen LogP contribution in [-0.2, 0) is 10.0 Å². The van der Waals surface area contributed by atoms with E-state index in [1.165, 1.54) is 0 Å². The molecule has 0 radical (unpaired) electrons. The van der Waals surface area contributed by atoms with Crippen LogP contribution in [0.3, 0.4) is 0 Å². The van der Waals surface area contributed by atoms with Gasteiger partial charge >= 0.3 is 0 Å². The van der Waals surface area contributed by atoms with Crippen LogP contribution in [-0.4, -0.2) is 27.3 Å². The lowest BCUT2D eigenvalue weighted by Crippen LogP contribution is -2.42. The van der Waals surface area contributed by atoms with Gasteiger partial charge in [0.2, 0.25) is 10.0 Å². The molecule has 1 N–H and O–H groups in total. The summed E-state index contributed by atoms with van der Waals surface area (Å²) >= 11 is 0. The molecular formula is C13H20N2O2S. The Kier molecular flexibility index (Phi) is 3.64. The maximum absolute atomic E-state index is 12.3. The molecule has 100 valence electrons. The van der Waals surface area contributed by atoms with Crippen LogP contribution in [0.15, 0.2) is 24.3 Å². The zero-order chi connectivity index (χ0) is 13.3. The van der Waals surface area contributed by atoms with Gasteiger partial charge in [-0.05, 0) is 38.9 Å². The topological polar surface area (TPSA) is 49.4 Å². The van der Waals surface area contributed by atoms with Crippen molar-refractivity contribution in [3.05, 3.63) is 29.8 Å². The van der Waals surface area contributed by atoms with Crippen molar-refractivity contribution in [2.24, 2.45) is 0 Å². The first-order valence-corrected chi connectivity index (χ1v) is 7.76. The molecule has 1 aromatic carbocycles. The Morgan fingerprint density at radius 2 is 2.00 bits per heavy atom. The summed E-state index contributed by atoms with van der Waals surface area (Å²) in [7, 11) is -1.33. The molecule has 1 aromatic rings. The third-order valence-corrected chi connectivity index (χ3v) is 5.64. The summed E-state index contributed by atoms with van der Waals surface area (Å²) in [5.74, 6) is 0. The molecule has 4 nitrogen and oxygen atoms in total. The zero-order valence-electron chi connectivity index (χ0n) is 11.1. The van der Waals surface area contributed by atoms with Crippen molar-refractivity contribution in [2.75, 3.05) is 17.9 Å². The first kappa shape index (κ1) is 13.4. The number of hydrogen-bond donors (Lipinski definition) is 1. The Labute approximate surface area is 109 Å². The first-order valence-electron chi connectivity index (χ1n) is 6.26. The van der Waals surface area contributed by atoms with E-state index in [1.54, 1.807) is 18.2 Å². The molecule has 0 spiro atoms. The summed E-state index contributed by atoms with van der Waals surface area (Å²) < 4.78 is 26.3. The summed E-state index contributed by atoms with van der Waals surface area (Å²) in [5.41, 5.74) is 1.88. The van der Waals surface area contributed by atoms with Crippen LogP contribution in [0.25, 0.3) is 0 Å². The van der Waals surface area contributed by atoms with Gasteiger partial charge in [0.25, 0.3) is 0 Å². The predicted octanol–water partition coefficient (Wildman–Crippen LogP) is 1.90. The fourth-order valence-electron chi connectivity index (χ4n) is 2.35. The van der Waals surface area contributed by atoms with Crippen LogP contribution in [0, 0.1) is 0 Å². The highest BCUT2D eigenvalue weighted by Crippen LogP contribution is 2.35. The van der Waals surface area contributed by atoms with Gasteiger partial charge in [0.1, 0.15) is 0 Å². The molecule has 1 atom stereocenters. The monoisotopic (exact) mass is 268 g/mol. The molecule has 0 bridgehead atoms. The Morgan fingerprint density at radius 3 is 2.61 bits per heavy atom. The van der Waals surface area contributed by atoms with Crippen LogP contribution < -0.4 is 9.62 Å². The van der Waals surface area contributed by atoms with Crippen molar-refractivity contribution in [1.29, 1.82) is 0 Å². The van der Waals surface area contributed by atoms with Crippen LogP contribution in [0.2, 0.25) is 0 Å². The van der Waals surface area contributed by atoms with Gasteiger partial charge in [-0.15, -0.1) is 0 Å². The average molecular weight is 268 g/mol. The smallest absolute Gasteiger partial charge is 0.237 e. The van der Waals surface area contributed by atoms with Gasteiger partial charge in [0.15, 0.2) is 0 Å². The number of anilines is 1. The minimum atomic E-state index is -3.24. The predicted molar refractivity (Wildman–Crippen MR) is 74.3 cm³/mol. The highest BCUT2D eigenvalue weighted by atomic mass is 32.2. The van der Waals surface area contributed by atoms with E-state index in [0.29, 0.717) is 6.54 Å². The van der Waals surface area contributed by atoms with E-state index in [2.05, 4.69) is 5.32 Å². The lowest BCUT2D eigenvalue weighted by atomic mass is 9.98. The summed E-state index contributed by atoms with van der Waals surface area (Å²) in [6, 6.07) is 7.96. The lowest BCUT2D eigenvalue weighted by Gasteiger charge is -2.35. The molecule has 1 heterocycles. The molecule has 18 heavy (non-hydrogen) atoms. The minimum Gasteiger partial charge on any atom is -0.313 e. The van der Waals surface area contributed by atoms with E-state index in [9.17, 15) is 8.42 Å². The van der Waals surface area contributed by atoms with E-state index >= 15 is 0 Å². The van der Waals surface area contributed by atoms with Crippen LogP contribution in [0.1, 0.15) is 31.9 Å². The second-order valence-corrected chi connectivity index (χ2v) is 7.27. The van der Waals surface area contributed by atoms with Crippen LogP contribution in [0.5, 0.6) is 0 Å². The van der Waals surface area contributed by atoms with Crippen molar-refractivity contribution < 1.29 is 8.42 Å². The lowest BCUT2D eigenvalue weighted by molar-refractivity contribution is 0.526. The van der Waals surface area contributed by atoms with Gasteiger partial charge in [-0.3, -0.25) is 4.31 Å². The molecule has 0 aliphatic carbocycles. The van der Waals surface area contributed by atoms with Crippen molar-refractivity contribution in [3.63, 3.8) is 0 Å². The summed E-state index contributed by atoms with van der Waals surface area (Å²) in [6.07, 6.45) is 0.805. The van der Waals surface area contributed by atoms with Crippen molar-refractivity contribution >= 4 is 15.7 Å². The largest absolute Gasteiger partial charge is 0.313 e. The number of nitrogens with zero attached hydrogens (tertiary/aromatic N) is 1. The molecular weight excluding hydrogens is 248 g/mol. The molecule has 0 fully saturated rings. The highest BCUT2D eigenvalue weighted by molar-refractivity contribution is 7.93. The van der Waals surface area contributed by atoms with Crippen LogP contribution in [0.4, 0.5) is 5.69 Å². The number of para-hydroxylation sites is 1. The molecule has 1 aliphatic heterocycles. The molecule has 1 aliphatic rings. The second kappa shape index (κ2) is 4.90. The van der Waals surface area contributed by atoms with Gasteiger partial charge in [-0.2, -0.15) is 0 Å². The number of fused-ring (bicyclic) bond motifs is 1. The number of benzene rings is 1. The van der Waals surface area contributed by atoms with Crippen LogP contribution >= 0.6 is 0 Å². The number of hydrogen-bond acceptors (Lipinski definition) is 3. The van der Waals surface area contributed by atoms with E-state index in [-0.39, 0.29) is 6.04 Å². The third kappa shape index (κ3) is 2.12. The van der Waals surface area contributed by atoms with E-state index in [0.717, 1.165) is 17.7 Å². The standard InChI is InChI=1S/C13H20N2O2S/c1-10(2)18(16,17)15-9-8-12(14-3)11-6-4-5-7-13(11)15/h4-7,10,12,14H,8-9H2,1-3H3. The Hall–Kier alpha value is -1.07. The quantitative estimate of drug-likeness (QED) is 0.911. The molecule has 0 aromatic heterocycles. The summed E-state index contributed by atoms with van der Waals surface area (Å²) in [6.45, 7) is 3.99. The fraction of sp³-hybridized carbons (Fsp3) is 0.538.